The van der Waals surface area contributed by atoms with Gasteiger partial charge in [0.05, 0.1) is 0 Å². The van der Waals surface area contributed by atoms with Crippen LogP contribution < -0.4 is 0 Å². The molecule has 0 N–H and O–H groups in total. The molecule has 0 aromatic heterocycles. The predicted molar refractivity (Wildman–Crippen MR) is 74.8 cm³/mol. The second kappa shape index (κ2) is 7.48. The fourth-order valence-electron chi connectivity index (χ4n) is 2.66. The van der Waals surface area contributed by atoms with Gasteiger partial charge in [-0.25, -0.2) is 8.78 Å². The summed E-state index contributed by atoms with van der Waals surface area (Å²) in [6, 6.07) is 3.01. The highest BCUT2D eigenvalue weighted by Crippen LogP contribution is 2.13. The number of carbonyl (C=O) groups excluding carboxylic acids is 1. The van der Waals surface area contributed by atoms with E-state index >= 15 is 0 Å². The zero-order valence-corrected chi connectivity index (χ0v) is 11.7. The third-order valence-corrected chi connectivity index (χ3v) is 3.79. The van der Waals surface area contributed by atoms with E-state index < -0.39 is 11.6 Å². The summed E-state index contributed by atoms with van der Waals surface area (Å²) in [6.45, 7) is 2.71. The Morgan fingerprint density at radius 3 is 2.10 bits per heavy atom. The smallest absolute Gasteiger partial charge is 0.164 e. The molecule has 4 heteroatoms. The quantitative estimate of drug-likeness (QED) is 0.782. The van der Waals surface area contributed by atoms with Crippen LogP contribution in [-0.2, 0) is 0 Å². The molecule has 1 aromatic carbocycles. The summed E-state index contributed by atoms with van der Waals surface area (Å²) in [6.07, 6.45) is 6.46. The molecule has 1 heterocycles. The zero-order chi connectivity index (χ0) is 14.4. The van der Waals surface area contributed by atoms with Gasteiger partial charge in [-0.3, -0.25) is 4.79 Å². The van der Waals surface area contributed by atoms with Gasteiger partial charge in [0.25, 0.3) is 0 Å². The van der Waals surface area contributed by atoms with Crippen LogP contribution in [0.15, 0.2) is 18.2 Å². The van der Waals surface area contributed by atoms with Crippen molar-refractivity contribution in [3.8, 4) is 0 Å². The van der Waals surface area contributed by atoms with E-state index in [1.165, 1.54) is 32.1 Å². The number of ketones is 1. The number of rotatable bonds is 4. The molecule has 1 aliphatic rings. The number of Topliss-reactive ketones (excluding diaryl/α,β-unsaturated/α-hetero) is 1. The van der Waals surface area contributed by atoms with Crippen molar-refractivity contribution < 1.29 is 13.6 Å². The Balaban J connectivity index is 1.87. The van der Waals surface area contributed by atoms with Gasteiger partial charge in [-0.05, 0) is 38.1 Å². The Morgan fingerprint density at radius 2 is 1.50 bits per heavy atom. The molecule has 110 valence electrons. The van der Waals surface area contributed by atoms with E-state index in [-0.39, 0.29) is 11.3 Å². The minimum atomic E-state index is -0.695. The van der Waals surface area contributed by atoms with E-state index in [9.17, 15) is 13.6 Å². The molecular formula is C16H21F2NO. The molecule has 1 fully saturated rings. The van der Waals surface area contributed by atoms with E-state index in [0.29, 0.717) is 13.0 Å². The fourth-order valence-corrected chi connectivity index (χ4v) is 2.66. The van der Waals surface area contributed by atoms with Crippen LogP contribution in [0, 0.1) is 11.6 Å². The van der Waals surface area contributed by atoms with Crippen LogP contribution in [-0.4, -0.2) is 30.3 Å². The van der Waals surface area contributed by atoms with Crippen molar-refractivity contribution in [1.82, 2.24) is 4.90 Å². The summed E-state index contributed by atoms with van der Waals surface area (Å²) in [7, 11) is 0. The second-order valence-corrected chi connectivity index (χ2v) is 5.44. The second-order valence-electron chi connectivity index (χ2n) is 5.44. The topological polar surface area (TPSA) is 20.3 Å². The third kappa shape index (κ3) is 4.67. The van der Waals surface area contributed by atoms with Crippen LogP contribution in [0.4, 0.5) is 8.78 Å². The van der Waals surface area contributed by atoms with Crippen molar-refractivity contribution in [2.24, 2.45) is 0 Å². The highest BCUT2D eigenvalue weighted by atomic mass is 19.1. The normalized spacial score (nSPS) is 17.5. The lowest BCUT2D eigenvalue weighted by Gasteiger charge is -2.24. The van der Waals surface area contributed by atoms with E-state index in [2.05, 4.69) is 4.90 Å². The van der Waals surface area contributed by atoms with E-state index in [1.807, 2.05) is 0 Å². The molecule has 0 unspecified atom stereocenters. The summed E-state index contributed by atoms with van der Waals surface area (Å²) in [5.41, 5.74) is 0.134. The van der Waals surface area contributed by atoms with Gasteiger partial charge in [0.15, 0.2) is 5.78 Å². The summed E-state index contributed by atoms with van der Waals surface area (Å²) >= 11 is 0. The van der Waals surface area contributed by atoms with Crippen LogP contribution >= 0.6 is 0 Å². The lowest BCUT2D eigenvalue weighted by Crippen LogP contribution is -2.29. The molecule has 1 aliphatic heterocycles. The largest absolute Gasteiger partial charge is 0.303 e. The maximum atomic E-state index is 13.1. The zero-order valence-electron chi connectivity index (χ0n) is 11.7. The fraction of sp³-hybridized carbons (Fsp3) is 0.562. The number of carbonyl (C=O) groups is 1. The summed E-state index contributed by atoms with van der Waals surface area (Å²) in [4.78, 5) is 14.3. The van der Waals surface area contributed by atoms with Gasteiger partial charge in [-0.15, -0.1) is 0 Å². The number of likely N-dealkylation sites (tertiary alicyclic amines) is 1. The first-order valence-electron chi connectivity index (χ1n) is 7.37. The van der Waals surface area contributed by atoms with E-state index in [1.54, 1.807) is 0 Å². The number of hydrogen-bond acceptors (Lipinski definition) is 2. The molecule has 0 aliphatic carbocycles. The minimum absolute atomic E-state index is 0.134. The Bertz CT molecular complexity index is 434. The van der Waals surface area contributed by atoms with Gasteiger partial charge in [-0.1, -0.05) is 19.3 Å². The number of halogens is 2. The lowest BCUT2D eigenvalue weighted by molar-refractivity contribution is 0.0961. The third-order valence-electron chi connectivity index (χ3n) is 3.79. The van der Waals surface area contributed by atoms with E-state index in [4.69, 9.17) is 0 Å². The van der Waals surface area contributed by atoms with Crippen LogP contribution in [0.5, 0.6) is 0 Å². The number of benzene rings is 1. The van der Waals surface area contributed by atoms with E-state index in [0.717, 1.165) is 31.3 Å². The Kier molecular flexibility index (Phi) is 5.65. The summed E-state index contributed by atoms with van der Waals surface area (Å²) < 4.78 is 26.2. The van der Waals surface area contributed by atoms with Crippen molar-refractivity contribution in [1.29, 1.82) is 0 Å². The highest BCUT2D eigenvalue weighted by Gasteiger charge is 2.13. The molecule has 0 amide bonds. The van der Waals surface area contributed by atoms with Gasteiger partial charge in [0.2, 0.25) is 0 Å². The molecule has 0 atom stereocenters. The first kappa shape index (κ1) is 15.1. The van der Waals surface area contributed by atoms with Crippen LogP contribution in [0.1, 0.15) is 48.9 Å². The molecule has 2 rings (SSSR count). The van der Waals surface area contributed by atoms with Crippen molar-refractivity contribution in [3.05, 3.63) is 35.4 Å². The van der Waals surface area contributed by atoms with Crippen LogP contribution in [0.2, 0.25) is 0 Å². The Hall–Kier alpha value is -1.29. The Morgan fingerprint density at radius 1 is 0.950 bits per heavy atom. The van der Waals surface area contributed by atoms with Gasteiger partial charge in [-0.2, -0.15) is 0 Å². The Labute approximate surface area is 118 Å². The lowest BCUT2D eigenvalue weighted by atomic mass is 10.1. The SMILES string of the molecule is O=C(CCN1CCCCCCC1)c1cc(F)cc(F)c1. The minimum Gasteiger partial charge on any atom is -0.303 e. The molecule has 2 nitrogen and oxygen atoms in total. The molecule has 0 radical (unpaired) electrons. The summed E-state index contributed by atoms with van der Waals surface area (Å²) in [5.74, 6) is -1.58. The van der Waals surface area contributed by atoms with Gasteiger partial charge < -0.3 is 4.90 Å². The van der Waals surface area contributed by atoms with Gasteiger partial charge in [0.1, 0.15) is 11.6 Å². The first-order valence-corrected chi connectivity index (χ1v) is 7.37. The van der Waals surface area contributed by atoms with Gasteiger partial charge >= 0.3 is 0 Å². The molecule has 0 spiro atoms. The molecule has 20 heavy (non-hydrogen) atoms. The molecule has 1 saturated heterocycles. The molecule has 0 bridgehead atoms. The van der Waals surface area contributed by atoms with Gasteiger partial charge in [0, 0.05) is 24.6 Å². The standard InChI is InChI=1S/C16H21F2NO/c17-14-10-13(11-15(18)12-14)16(20)6-9-19-7-4-2-1-3-5-8-19/h10-12H,1-9H2. The van der Waals surface area contributed by atoms with Crippen molar-refractivity contribution in [2.75, 3.05) is 19.6 Å². The highest BCUT2D eigenvalue weighted by molar-refractivity contribution is 5.96. The molecule has 1 aromatic rings. The number of hydrogen-bond donors (Lipinski definition) is 0. The average Bonchev–Trinajstić information content (AvgIpc) is 2.36. The van der Waals surface area contributed by atoms with Crippen LogP contribution in [0.25, 0.3) is 0 Å². The maximum absolute atomic E-state index is 13.1. The maximum Gasteiger partial charge on any atom is 0.164 e. The van der Waals surface area contributed by atoms with Crippen molar-refractivity contribution in [2.45, 2.75) is 38.5 Å². The first-order chi connectivity index (χ1) is 9.65. The summed E-state index contributed by atoms with van der Waals surface area (Å²) in [5, 5.41) is 0. The molecule has 0 saturated carbocycles. The predicted octanol–water partition coefficient (Wildman–Crippen LogP) is 3.80. The monoisotopic (exact) mass is 281 g/mol. The van der Waals surface area contributed by atoms with Crippen molar-refractivity contribution >= 4 is 5.78 Å². The average molecular weight is 281 g/mol. The van der Waals surface area contributed by atoms with Crippen molar-refractivity contribution in [3.63, 3.8) is 0 Å². The number of nitrogens with zero attached hydrogens (tertiary/aromatic N) is 1. The van der Waals surface area contributed by atoms with Crippen LogP contribution in [0.3, 0.4) is 0 Å². The molecular weight excluding hydrogens is 260 g/mol.